The second kappa shape index (κ2) is 7.16. The Bertz CT molecular complexity index is 1100. The first-order chi connectivity index (χ1) is 14.0. The fourth-order valence-electron chi connectivity index (χ4n) is 3.64. The van der Waals surface area contributed by atoms with Gasteiger partial charge in [0.2, 0.25) is 5.95 Å². The van der Waals surface area contributed by atoms with Gasteiger partial charge in [0.05, 0.1) is 12.2 Å². The summed E-state index contributed by atoms with van der Waals surface area (Å²) in [6.07, 6.45) is 2.76. The summed E-state index contributed by atoms with van der Waals surface area (Å²) in [5, 5.41) is 1.78. The van der Waals surface area contributed by atoms with Crippen molar-refractivity contribution >= 4 is 51.1 Å². The van der Waals surface area contributed by atoms with E-state index in [4.69, 9.17) is 27.8 Å². The molecule has 2 aromatic heterocycles. The number of nitrogen functional groups attached to an aromatic ring is 2. The predicted octanol–water partition coefficient (Wildman–Crippen LogP) is 3.19. The quantitative estimate of drug-likeness (QED) is 0.603. The number of anilines is 3. The maximum atomic E-state index is 6.06. The van der Waals surface area contributed by atoms with Crippen LogP contribution in [-0.2, 0) is 13.0 Å². The zero-order valence-electron chi connectivity index (χ0n) is 15.4. The first-order valence-electron chi connectivity index (χ1n) is 9.15. The summed E-state index contributed by atoms with van der Waals surface area (Å²) >= 11 is 7.48. The Morgan fingerprint density at radius 2 is 2.07 bits per heavy atom. The van der Waals surface area contributed by atoms with E-state index >= 15 is 0 Å². The van der Waals surface area contributed by atoms with Gasteiger partial charge in [-0.1, -0.05) is 29.0 Å². The third-order valence-electron chi connectivity index (χ3n) is 4.99. The average Bonchev–Trinajstić information content (AvgIpc) is 2.92. The SMILES string of the molecule is Nc1nc(Cl)cc(N2CCOc3ccc(C4C=Nc5sc(N)nc5C4)cc3C2)n1. The summed E-state index contributed by atoms with van der Waals surface area (Å²) < 4.78 is 5.95. The van der Waals surface area contributed by atoms with Gasteiger partial charge in [-0.25, -0.2) is 15.0 Å². The van der Waals surface area contributed by atoms with Crippen LogP contribution >= 0.6 is 22.9 Å². The highest BCUT2D eigenvalue weighted by atomic mass is 35.5. The van der Waals surface area contributed by atoms with Crippen molar-refractivity contribution in [1.29, 1.82) is 0 Å². The molecule has 8 nitrogen and oxygen atoms in total. The number of nitrogens with two attached hydrogens (primary N) is 2. The molecular formula is C19H18ClN7OS. The third kappa shape index (κ3) is 3.58. The van der Waals surface area contributed by atoms with E-state index in [1.165, 1.54) is 11.3 Å². The molecular weight excluding hydrogens is 410 g/mol. The Hall–Kier alpha value is -2.91. The molecule has 0 bridgehead atoms. The van der Waals surface area contributed by atoms with E-state index in [2.05, 4.69) is 37.0 Å². The number of benzene rings is 1. The Labute approximate surface area is 176 Å². The van der Waals surface area contributed by atoms with Gasteiger partial charge in [0.15, 0.2) is 5.13 Å². The Morgan fingerprint density at radius 3 is 2.93 bits per heavy atom. The standard InChI is InChI=1S/C19H18ClN7OS/c20-15-7-16(26-18(21)25-15)27-3-4-28-14-2-1-10(5-12(14)9-27)11-6-13-17(23-8-11)29-19(22)24-13/h1-2,5,7-8,11H,3-4,6,9H2,(H2,22,24)(H2,21,25,26). The number of rotatable bonds is 2. The van der Waals surface area contributed by atoms with Crippen molar-refractivity contribution in [1.82, 2.24) is 15.0 Å². The maximum absolute atomic E-state index is 6.06. The summed E-state index contributed by atoms with van der Waals surface area (Å²) in [6.45, 7) is 1.85. The van der Waals surface area contributed by atoms with Crippen molar-refractivity contribution in [3.63, 3.8) is 0 Å². The molecule has 0 radical (unpaired) electrons. The number of aliphatic imine (C=N–C) groups is 1. The number of halogens is 1. The van der Waals surface area contributed by atoms with E-state index in [1.807, 2.05) is 12.3 Å². The lowest BCUT2D eigenvalue weighted by Gasteiger charge is -2.22. The molecule has 148 valence electrons. The number of aromatic nitrogens is 3. The van der Waals surface area contributed by atoms with Crippen molar-refractivity contribution in [3.05, 3.63) is 46.2 Å². The van der Waals surface area contributed by atoms with Gasteiger partial charge in [0, 0.05) is 36.7 Å². The van der Waals surface area contributed by atoms with Crippen LogP contribution in [0.4, 0.5) is 21.9 Å². The number of ether oxygens (including phenoxy) is 1. The summed E-state index contributed by atoms with van der Waals surface area (Å²) in [5.74, 6) is 1.86. The minimum Gasteiger partial charge on any atom is -0.491 e. The molecule has 5 rings (SSSR count). The Balaban J connectivity index is 1.44. The van der Waals surface area contributed by atoms with Gasteiger partial charge in [-0.15, -0.1) is 0 Å². The van der Waals surface area contributed by atoms with E-state index in [9.17, 15) is 0 Å². The van der Waals surface area contributed by atoms with Crippen LogP contribution < -0.4 is 21.1 Å². The number of hydrogen-bond acceptors (Lipinski definition) is 9. The number of fused-ring (bicyclic) bond motifs is 2. The van der Waals surface area contributed by atoms with E-state index < -0.39 is 0 Å². The van der Waals surface area contributed by atoms with Gasteiger partial charge in [-0.2, -0.15) is 4.98 Å². The Kier molecular flexibility index (Phi) is 4.48. The minimum absolute atomic E-state index is 0.148. The maximum Gasteiger partial charge on any atom is 0.223 e. The molecule has 0 aliphatic carbocycles. The molecule has 0 saturated carbocycles. The lowest BCUT2D eigenvalue weighted by atomic mass is 9.92. The normalized spacial score (nSPS) is 18.0. The summed E-state index contributed by atoms with van der Waals surface area (Å²) in [5.41, 5.74) is 14.8. The number of nitrogens with zero attached hydrogens (tertiary/aromatic N) is 5. The monoisotopic (exact) mass is 427 g/mol. The molecule has 0 fully saturated rings. The molecule has 2 aliphatic rings. The van der Waals surface area contributed by atoms with Gasteiger partial charge in [0.1, 0.15) is 28.3 Å². The highest BCUT2D eigenvalue weighted by Crippen LogP contribution is 2.37. The summed E-state index contributed by atoms with van der Waals surface area (Å²) in [7, 11) is 0. The summed E-state index contributed by atoms with van der Waals surface area (Å²) in [6, 6.07) is 7.99. The van der Waals surface area contributed by atoms with Gasteiger partial charge in [-0.05, 0) is 17.7 Å². The zero-order valence-corrected chi connectivity index (χ0v) is 17.0. The first-order valence-corrected chi connectivity index (χ1v) is 10.3. The first kappa shape index (κ1) is 18.1. The summed E-state index contributed by atoms with van der Waals surface area (Å²) in [4.78, 5) is 19.3. The molecule has 29 heavy (non-hydrogen) atoms. The molecule has 0 saturated heterocycles. The van der Waals surface area contributed by atoms with E-state index in [0.717, 1.165) is 34.0 Å². The molecule has 1 unspecified atom stereocenters. The van der Waals surface area contributed by atoms with Crippen LogP contribution in [0, 0.1) is 0 Å². The van der Waals surface area contributed by atoms with E-state index in [-0.39, 0.29) is 11.9 Å². The van der Waals surface area contributed by atoms with E-state index in [1.54, 1.807) is 6.07 Å². The second-order valence-corrected chi connectivity index (χ2v) is 8.33. The van der Waals surface area contributed by atoms with Crippen molar-refractivity contribution in [2.75, 3.05) is 29.5 Å². The van der Waals surface area contributed by atoms with Crippen LogP contribution in [-0.4, -0.2) is 34.3 Å². The van der Waals surface area contributed by atoms with Crippen molar-refractivity contribution in [3.8, 4) is 5.75 Å². The van der Waals surface area contributed by atoms with Gasteiger partial charge in [0.25, 0.3) is 0 Å². The molecule has 2 aliphatic heterocycles. The number of thiazole rings is 1. The predicted molar refractivity (Wildman–Crippen MR) is 116 cm³/mol. The second-order valence-electron chi connectivity index (χ2n) is 6.94. The molecule has 1 atom stereocenters. The third-order valence-corrected chi connectivity index (χ3v) is 6.02. The minimum atomic E-state index is 0.148. The van der Waals surface area contributed by atoms with Gasteiger partial charge < -0.3 is 21.1 Å². The molecule has 3 aromatic rings. The smallest absolute Gasteiger partial charge is 0.223 e. The van der Waals surface area contributed by atoms with Crippen molar-refractivity contribution < 1.29 is 4.74 Å². The van der Waals surface area contributed by atoms with Crippen LogP contribution in [0.1, 0.15) is 22.7 Å². The van der Waals surface area contributed by atoms with Gasteiger partial charge >= 0.3 is 0 Å². The van der Waals surface area contributed by atoms with E-state index in [0.29, 0.717) is 35.8 Å². The van der Waals surface area contributed by atoms with Crippen LogP contribution in [0.25, 0.3) is 0 Å². The molecule has 4 N–H and O–H groups in total. The highest BCUT2D eigenvalue weighted by molar-refractivity contribution is 7.19. The average molecular weight is 428 g/mol. The largest absolute Gasteiger partial charge is 0.491 e. The van der Waals surface area contributed by atoms with Crippen LogP contribution in [0.3, 0.4) is 0 Å². The molecule has 0 amide bonds. The van der Waals surface area contributed by atoms with Gasteiger partial charge in [-0.3, -0.25) is 0 Å². The fraction of sp³-hybridized carbons (Fsp3) is 0.263. The lowest BCUT2D eigenvalue weighted by molar-refractivity contribution is 0.331. The van der Waals surface area contributed by atoms with Crippen molar-refractivity contribution in [2.24, 2.45) is 4.99 Å². The van der Waals surface area contributed by atoms with Crippen molar-refractivity contribution in [2.45, 2.75) is 18.9 Å². The van der Waals surface area contributed by atoms with Crippen LogP contribution in [0.15, 0.2) is 29.3 Å². The fourth-order valence-corrected chi connectivity index (χ4v) is 4.54. The zero-order chi connectivity index (χ0) is 20.0. The highest BCUT2D eigenvalue weighted by Gasteiger charge is 2.23. The van der Waals surface area contributed by atoms with Crippen LogP contribution in [0.2, 0.25) is 5.15 Å². The number of hydrogen-bond donors (Lipinski definition) is 2. The molecule has 4 heterocycles. The van der Waals surface area contributed by atoms with Crippen LogP contribution in [0.5, 0.6) is 5.75 Å². The molecule has 10 heteroatoms. The molecule has 0 spiro atoms. The topological polar surface area (TPSA) is 116 Å². The molecule has 1 aromatic carbocycles. The Morgan fingerprint density at radius 1 is 1.17 bits per heavy atom. The lowest BCUT2D eigenvalue weighted by Crippen LogP contribution is -2.26.